The SMILES string of the molecule is CN1CCC(N2CCN(c3cccc(-c4nc5ccccc5n4C(F)F)c3)CC2)CC1.O=CO. The van der Waals surface area contributed by atoms with Crippen molar-refractivity contribution in [2.24, 2.45) is 0 Å². The lowest BCUT2D eigenvalue weighted by molar-refractivity contribution is -0.122. The lowest BCUT2D eigenvalue weighted by Gasteiger charge is -2.43. The van der Waals surface area contributed by atoms with Gasteiger partial charge in [-0.1, -0.05) is 24.3 Å². The molecule has 2 aromatic carbocycles. The normalized spacial score (nSPS) is 18.2. The Balaban J connectivity index is 0.000000868. The Morgan fingerprint density at radius 1 is 1.00 bits per heavy atom. The third-order valence-corrected chi connectivity index (χ3v) is 6.78. The third kappa shape index (κ3) is 5.20. The summed E-state index contributed by atoms with van der Waals surface area (Å²) in [7, 11) is 2.20. The quantitative estimate of drug-likeness (QED) is 0.580. The molecule has 0 radical (unpaired) electrons. The number of para-hydroxylation sites is 2. The van der Waals surface area contributed by atoms with Crippen LogP contribution in [0.2, 0.25) is 0 Å². The van der Waals surface area contributed by atoms with E-state index in [4.69, 9.17) is 9.90 Å². The third-order valence-electron chi connectivity index (χ3n) is 6.78. The molecule has 0 saturated carbocycles. The molecule has 7 nitrogen and oxygen atoms in total. The van der Waals surface area contributed by atoms with Gasteiger partial charge in [-0.3, -0.25) is 14.3 Å². The van der Waals surface area contributed by atoms with Crippen LogP contribution in [0.5, 0.6) is 0 Å². The number of alkyl halides is 2. The van der Waals surface area contributed by atoms with Crippen LogP contribution in [0.25, 0.3) is 22.4 Å². The van der Waals surface area contributed by atoms with Gasteiger partial charge in [0.15, 0.2) is 0 Å². The number of nitrogens with zero attached hydrogens (tertiary/aromatic N) is 5. The number of likely N-dealkylation sites (tertiary alicyclic amines) is 1. The molecule has 1 aromatic heterocycles. The van der Waals surface area contributed by atoms with E-state index in [9.17, 15) is 8.78 Å². The van der Waals surface area contributed by atoms with Crippen LogP contribution < -0.4 is 4.90 Å². The molecule has 0 unspecified atom stereocenters. The number of hydrogen-bond donors (Lipinski definition) is 1. The van der Waals surface area contributed by atoms with E-state index in [1.165, 1.54) is 25.9 Å². The van der Waals surface area contributed by atoms with Gasteiger partial charge in [-0.25, -0.2) is 4.98 Å². The highest BCUT2D eigenvalue weighted by Gasteiger charge is 2.27. The van der Waals surface area contributed by atoms with Crippen molar-refractivity contribution in [3.8, 4) is 11.4 Å². The van der Waals surface area contributed by atoms with Gasteiger partial charge in [0.25, 0.3) is 6.47 Å². The summed E-state index contributed by atoms with van der Waals surface area (Å²) in [5, 5.41) is 6.89. The molecule has 0 spiro atoms. The fourth-order valence-corrected chi connectivity index (χ4v) is 4.99. The van der Waals surface area contributed by atoms with Gasteiger partial charge in [0.1, 0.15) is 5.82 Å². The van der Waals surface area contributed by atoms with Crippen molar-refractivity contribution in [3.63, 3.8) is 0 Å². The molecule has 9 heteroatoms. The number of imidazole rings is 1. The number of carbonyl (C=O) groups is 1. The van der Waals surface area contributed by atoms with Crippen LogP contribution in [0.4, 0.5) is 14.5 Å². The monoisotopic (exact) mass is 471 g/mol. The van der Waals surface area contributed by atoms with Gasteiger partial charge in [0.05, 0.1) is 11.0 Å². The number of fused-ring (bicyclic) bond motifs is 1. The number of hydrogen-bond acceptors (Lipinski definition) is 5. The van der Waals surface area contributed by atoms with Crippen molar-refractivity contribution in [3.05, 3.63) is 48.5 Å². The van der Waals surface area contributed by atoms with E-state index in [1.807, 2.05) is 24.3 Å². The van der Waals surface area contributed by atoms with Crippen molar-refractivity contribution in [2.75, 3.05) is 51.2 Å². The van der Waals surface area contributed by atoms with E-state index in [0.29, 0.717) is 22.9 Å². The smallest absolute Gasteiger partial charge is 0.320 e. The van der Waals surface area contributed by atoms with Crippen molar-refractivity contribution in [1.82, 2.24) is 19.4 Å². The molecule has 2 fully saturated rings. The molecule has 2 aliphatic heterocycles. The number of anilines is 1. The molecule has 5 rings (SSSR count). The summed E-state index contributed by atoms with van der Waals surface area (Å²) >= 11 is 0. The van der Waals surface area contributed by atoms with Crippen molar-refractivity contribution >= 4 is 23.2 Å². The molecule has 0 amide bonds. The fourth-order valence-electron chi connectivity index (χ4n) is 4.99. The van der Waals surface area contributed by atoms with Crippen LogP contribution in [0.15, 0.2) is 48.5 Å². The highest BCUT2D eigenvalue weighted by Crippen LogP contribution is 2.32. The Labute approximate surface area is 198 Å². The fraction of sp³-hybridized carbons (Fsp3) is 0.440. The molecule has 3 heterocycles. The molecule has 3 aromatic rings. The van der Waals surface area contributed by atoms with Gasteiger partial charge < -0.3 is 14.9 Å². The molecule has 0 bridgehead atoms. The lowest BCUT2D eigenvalue weighted by Crippen LogP contribution is -2.53. The number of piperazine rings is 1. The molecular weight excluding hydrogens is 440 g/mol. The topological polar surface area (TPSA) is 64.8 Å². The molecule has 0 aliphatic carbocycles. The van der Waals surface area contributed by atoms with E-state index < -0.39 is 6.55 Å². The zero-order chi connectivity index (χ0) is 24.1. The van der Waals surface area contributed by atoms with Crippen LogP contribution >= 0.6 is 0 Å². The number of carboxylic acid groups (broad SMARTS) is 1. The summed E-state index contributed by atoms with van der Waals surface area (Å²) in [4.78, 5) is 20.3. The van der Waals surface area contributed by atoms with Crippen LogP contribution in [-0.2, 0) is 4.79 Å². The van der Waals surface area contributed by atoms with E-state index >= 15 is 0 Å². The minimum absolute atomic E-state index is 0.250. The molecule has 1 N–H and O–H groups in total. The summed E-state index contributed by atoms with van der Waals surface area (Å²) in [6, 6.07) is 15.7. The maximum Gasteiger partial charge on any atom is 0.320 e. The van der Waals surface area contributed by atoms with Crippen LogP contribution in [0, 0.1) is 0 Å². The summed E-state index contributed by atoms with van der Waals surface area (Å²) in [6.07, 6.45) is 2.49. The standard InChI is InChI=1S/C24H29F2N5.CH2O2/c1-28-11-9-19(10-12-28)29-13-15-30(16-14-29)20-6-4-5-18(17-20)23-27-21-7-2-3-8-22(21)31(23)24(25)26;2-1-3/h2-8,17,19,24H,9-16H2,1H3;1H,(H,2,3). The summed E-state index contributed by atoms with van der Waals surface area (Å²) in [6.45, 7) is 3.49. The highest BCUT2D eigenvalue weighted by molar-refractivity contribution is 5.81. The minimum Gasteiger partial charge on any atom is -0.483 e. The molecule has 0 atom stereocenters. The summed E-state index contributed by atoms with van der Waals surface area (Å²) in [5.74, 6) is 0.322. The van der Waals surface area contributed by atoms with Crippen LogP contribution in [0.1, 0.15) is 19.4 Å². The van der Waals surface area contributed by atoms with Crippen LogP contribution in [-0.4, -0.2) is 83.3 Å². The predicted molar refractivity (Wildman–Crippen MR) is 129 cm³/mol. The molecule has 2 aliphatic rings. The Morgan fingerprint density at radius 3 is 2.35 bits per heavy atom. The number of halogens is 2. The number of rotatable bonds is 4. The van der Waals surface area contributed by atoms with Gasteiger partial charge >= 0.3 is 6.55 Å². The average Bonchev–Trinajstić information content (AvgIpc) is 3.25. The molecular formula is C25H31F2N5O2. The van der Waals surface area contributed by atoms with Gasteiger partial charge in [-0.2, -0.15) is 8.78 Å². The first-order valence-corrected chi connectivity index (χ1v) is 11.6. The second kappa shape index (κ2) is 10.9. The van der Waals surface area contributed by atoms with Crippen molar-refractivity contribution in [2.45, 2.75) is 25.4 Å². The van der Waals surface area contributed by atoms with Crippen LogP contribution in [0.3, 0.4) is 0 Å². The van der Waals surface area contributed by atoms with Crippen molar-refractivity contribution in [1.29, 1.82) is 0 Å². The van der Waals surface area contributed by atoms with Crippen molar-refractivity contribution < 1.29 is 18.7 Å². The summed E-state index contributed by atoms with van der Waals surface area (Å²) < 4.78 is 28.8. The van der Waals surface area contributed by atoms with Gasteiger partial charge in [0, 0.05) is 43.5 Å². The Hall–Kier alpha value is -3.04. The Kier molecular flexibility index (Phi) is 7.74. The molecule has 34 heavy (non-hydrogen) atoms. The number of aromatic nitrogens is 2. The number of benzene rings is 2. The maximum absolute atomic E-state index is 13.9. The van der Waals surface area contributed by atoms with E-state index in [-0.39, 0.29) is 6.47 Å². The minimum atomic E-state index is -2.64. The maximum atomic E-state index is 13.9. The number of piperidine rings is 1. The second-order valence-corrected chi connectivity index (χ2v) is 8.78. The first-order chi connectivity index (χ1) is 16.5. The molecule has 2 saturated heterocycles. The van der Waals surface area contributed by atoms with E-state index in [1.54, 1.807) is 18.2 Å². The summed E-state index contributed by atoms with van der Waals surface area (Å²) in [5.41, 5.74) is 2.86. The lowest BCUT2D eigenvalue weighted by atomic mass is 10.0. The first kappa shape index (κ1) is 24.1. The van der Waals surface area contributed by atoms with Gasteiger partial charge in [-0.05, 0) is 57.2 Å². The average molecular weight is 472 g/mol. The molecule has 182 valence electrons. The van der Waals surface area contributed by atoms with Gasteiger partial charge in [0.2, 0.25) is 0 Å². The largest absolute Gasteiger partial charge is 0.483 e. The Bertz CT molecular complexity index is 1090. The second-order valence-electron chi connectivity index (χ2n) is 8.78. The van der Waals surface area contributed by atoms with E-state index in [0.717, 1.165) is 42.0 Å². The zero-order valence-corrected chi connectivity index (χ0v) is 19.4. The highest BCUT2D eigenvalue weighted by atomic mass is 19.3. The van der Waals surface area contributed by atoms with Gasteiger partial charge in [-0.15, -0.1) is 0 Å². The Morgan fingerprint density at radius 2 is 1.68 bits per heavy atom. The predicted octanol–water partition coefficient (Wildman–Crippen LogP) is 4.02. The first-order valence-electron chi connectivity index (χ1n) is 11.6. The van der Waals surface area contributed by atoms with E-state index in [2.05, 4.69) is 32.8 Å². The zero-order valence-electron chi connectivity index (χ0n) is 19.4.